The first-order chi connectivity index (χ1) is 9.63. The lowest BCUT2D eigenvalue weighted by Gasteiger charge is -2.05. The highest BCUT2D eigenvalue weighted by Gasteiger charge is 2.18. The molecule has 1 aromatic heterocycles. The Hall–Kier alpha value is -1.42. The van der Waals surface area contributed by atoms with Crippen molar-refractivity contribution in [3.63, 3.8) is 0 Å². The second-order valence-electron chi connectivity index (χ2n) is 5.24. The molecule has 0 N–H and O–H groups in total. The van der Waals surface area contributed by atoms with E-state index in [4.69, 9.17) is 0 Å². The number of carbonyl (C=O) groups is 1. The van der Waals surface area contributed by atoms with Gasteiger partial charge in [0.15, 0.2) is 5.78 Å². The first-order valence-electron chi connectivity index (χ1n) is 6.79. The van der Waals surface area contributed by atoms with Gasteiger partial charge in [0.05, 0.1) is 0 Å². The standard InChI is InChI=1S/C16H15BrFNO/c17-13-6-5-12(15(18)7-13)9-19-8-11-3-1-2-4-16(20)14(11)10-19/h5-8,10H,1-4,9H2. The number of nitrogens with zero attached hydrogens (tertiary/aromatic N) is 1. The van der Waals surface area contributed by atoms with E-state index in [0.29, 0.717) is 18.5 Å². The van der Waals surface area contributed by atoms with Crippen molar-refractivity contribution < 1.29 is 9.18 Å². The maximum Gasteiger partial charge on any atom is 0.164 e. The molecule has 0 fully saturated rings. The van der Waals surface area contributed by atoms with E-state index in [-0.39, 0.29) is 11.6 Å². The van der Waals surface area contributed by atoms with Crippen molar-refractivity contribution in [2.45, 2.75) is 32.2 Å². The van der Waals surface area contributed by atoms with E-state index in [2.05, 4.69) is 15.9 Å². The summed E-state index contributed by atoms with van der Waals surface area (Å²) in [5.74, 6) is -0.0119. The fourth-order valence-corrected chi connectivity index (χ4v) is 3.01. The summed E-state index contributed by atoms with van der Waals surface area (Å²) in [6, 6.07) is 5.07. The number of rotatable bonds is 2. The molecule has 0 bridgehead atoms. The zero-order valence-electron chi connectivity index (χ0n) is 11.0. The van der Waals surface area contributed by atoms with Crippen molar-refractivity contribution in [1.82, 2.24) is 4.57 Å². The molecule has 3 rings (SSSR count). The molecule has 1 heterocycles. The number of hydrogen-bond acceptors (Lipinski definition) is 1. The SMILES string of the molecule is O=C1CCCCc2cn(Cc3ccc(Br)cc3F)cc21. The Labute approximate surface area is 125 Å². The number of hydrogen-bond donors (Lipinski definition) is 0. The lowest BCUT2D eigenvalue weighted by atomic mass is 10.1. The Bertz CT molecular complexity index is 662. The van der Waals surface area contributed by atoms with Crippen LogP contribution in [0.15, 0.2) is 35.1 Å². The van der Waals surface area contributed by atoms with Gasteiger partial charge < -0.3 is 4.57 Å². The third-order valence-electron chi connectivity index (χ3n) is 3.73. The minimum absolute atomic E-state index is 0.215. The molecule has 0 atom stereocenters. The van der Waals surface area contributed by atoms with Crippen molar-refractivity contribution in [3.8, 4) is 0 Å². The number of fused-ring (bicyclic) bond motifs is 1. The van der Waals surface area contributed by atoms with Crippen LogP contribution in [0, 0.1) is 5.82 Å². The first kappa shape index (κ1) is 13.6. The molecule has 0 saturated heterocycles. The third kappa shape index (κ3) is 2.70. The third-order valence-corrected chi connectivity index (χ3v) is 4.22. The van der Waals surface area contributed by atoms with Crippen LogP contribution in [0.5, 0.6) is 0 Å². The minimum Gasteiger partial charge on any atom is -0.349 e. The molecule has 1 aromatic carbocycles. The Morgan fingerprint density at radius 2 is 2.00 bits per heavy atom. The highest BCUT2D eigenvalue weighted by Crippen LogP contribution is 2.23. The fourth-order valence-electron chi connectivity index (χ4n) is 2.68. The normalized spacial score (nSPS) is 15.0. The van der Waals surface area contributed by atoms with E-state index in [0.717, 1.165) is 34.9 Å². The van der Waals surface area contributed by atoms with Gasteiger partial charge >= 0.3 is 0 Å². The maximum atomic E-state index is 13.9. The number of halogens is 2. The largest absolute Gasteiger partial charge is 0.349 e. The molecule has 0 amide bonds. The van der Waals surface area contributed by atoms with Crippen LogP contribution in [0.25, 0.3) is 0 Å². The molecule has 104 valence electrons. The highest BCUT2D eigenvalue weighted by atomic mass is 79.9. The van der Waals surface area contributed by atoms with Gasteiger partial charge in [-0.15, -0.1) is 0 Å². The average Bonchev–Trinajstić information content (AvgIpc) is 2.73. The summed E-state index contributed by atoms with van der Waals surface area (Å²) in [6.07, 6.45) is 7.44. The number of Topliss-reactive ketones (excluding diaryl/α,β-unsaturated/α-hetero) is 1. The van der Waals surface area contributed by atoms with Crippen LogP contribution in [-0.4, -0.2) is 10.4 Å². The summed E-state index contributed by atoms with van der Waals surface area (Å²) in [5, 5.41) is 0. The number of benzene rings is 1. The molecule has 0 unspecified atom stereocenters. The summed E-state index contributed by atoms with van der Waals surface area (Å²) >= 11 is 3.25. The van der Waals surface area contributed by atoms with E-state index in [1.807, 2.05) is 23.0 Å². The Morgan fingerprint density at radius 1 is 1.20 bits per heavy atom. The molecular formula is C16H15BrFNO. The Morgan fingerprint density at radius 3 is 2.80 bits per heavy atom. The summed E-state index contributed by atoms with van der Waals surface area (Å²) < 4.78 is 16.5. The molecule has 0 radical (unpaired) electrons. The van der Waals surface area contributed by atoms with Crippen LogP contribution in [-0.2, 0) is 13.0 Å². The average molecular weight is 336 g/mol. The van der Waals surface area contributed by atoms with Crippen LogP contribution in [0.2, 0.25) is 0 Å². The van der Waals surface area contributed by atoms with Crippen LogP contribution in [0.4, 0.5) is 4.39 Å². The number of aryl methyl sites for hydroxylation is 1. The number of carbonyl (C=O) groups excluding carboxylic acids is 1. The topological polar surface area (TPSA) is 22.0 Å². The van der Waals surface area contributed by atoms with Crippen molar-refractivity contribution in [2.75, 3.05) is 0 Å². The molecule has 4 heteroatoms. The van der Waals surface area contributed by atoms with E-state index in [9.17, 15) is 9.18 Å². The van der Waals surface area contributed by atoms with E-state index in [1.165, 1.54) is 6.07 Å². The first-order valence-corrected chi connectivity index (χ1v) is 7.58. The maximum absolute atomic E-state index is 13.9. The lowest BCUT2D eigenvalue weighted by molar-refractivity contribution is 0.0982. The lowest BCUT2D eigenvalue weighted by Crippen LogP contribution is -2.00. The highest BCUT2D eigenvalue weighted by molar-refractivity contribution is 9.10. The molecule has 0 spiro atoms. The summed E-state index contributed by atoms with van der Waals surface area (Å²) in [6.45, 7) is 0.458. The number of ketones is 1. The second-order valence-corrected chi connectivity index (χ2v) is 6.15. The van der Waals surface area contributed by atoms with Gasteiger partial charge in [0.2, 0.25) is 0 Å². The molecule has 0 saturated carbocycles. The second kappa shape index (κ2) is 5.52. The van der Waals surface area contributed by atoms with Crippen molar-refractivity contribution in [3.05, 3.63) is 57.6 Å². The molecular weight excluding hydrogens is 321 g/mol. The zero-order valence-corrected chi connectivity index (χ0v) is 12.6. The van der Waals surface area contributed by atoms with Crippen LogP contribution >= 0.6 is 15.9 Å². The number of aromatic nitrogens is 1. The fraction of sp³-hybridized carbons (Fsp3) is 0.312. The quantitative estimate of drug-likeness (QED) is 0.748. The molecule has 20 heavy (non-hydrogen) atoms. The van der Waals surface area contributed by atoms with Gasteiger partial charge in [-0.25, -0.2) is 4.39 Å². The molecule has 2 aromatic rings. The summed E-state index contributed by atoms with van der Waals surface area (Å²) in [7, 11) is 0. The minimum atomic E-state index is -0.227. The van der Waals surface area contributed by atoms with Crippen LogP contribution in [0.1, 0.15) is 40.7 Å². The van der Waals surface area contributed by atoms with Crippen molar-refractivity contribution in [1.29, 1.82) is 0 Å². The van der Waals surface area contributed by atoms with Crippen molar-refractivity contribution in [2.24, 2.45) is 0 Å². The van der Waals surface area contributed by atoms with Crippen LogP contribution < -0.4 is 0 Å². The van der Waals surface area contributed by atoms with Gasteiger partial charge in [-0.3, -0.25) is 4.79 Å². The van der Waals surface area contributed by atoms with Crippen molar-refractivity contribution >= 4 is 21.7 Å². The predicted molar refractivity (Wildman–Crippen MR) is 79.5 cm³/mol. The van der Waals surface area contributed by atoms with E-state index >= 15 is 0 Å². The van der Waals surface area contributed by atoms with Gasteiger partial charge in [0.1, 0.15) is 5.82 Å². The van der Waals surface area contributed by atoms with Crippen LogP contribution in [0.3, 0.4) is 0 Å². The molecule has 1 aliphatic rings. The summed E-state index contributed by atoms with van der Waals surface area (Å²) in [4.78, 5) is 12.0. The van der Waals surface area contributed by atoms with E-state index in [1.54, 1.807) is 6.07 Å². The Balaban J connectivity index is 1.88. The van der Waals surface area contributed by atoms with E-state index < -0.39 is 0 Å². The smallest absolute Gasteiger partial charge is 0.164 e. The van der Waals surface area contributed by atoms with Gasteiger partial charge in [0.25, 0.3) is 0 Å². The Kier molecular flexibility index (Phi) is 3.74. The predicted octanol–water partition coefficient (Wildman–Crippen LogP) is 4.35. The van der Waals surface area contributed by atoms with Gasteiger partial charge in [0, 0.05) is 41.0 Å². The molecule has 0 aliphatic heterocycles. The zero-order chi connectivity index (χ0) is 14.1. The monoisotopic (exact) mass is 335 g/mol. The van der Waals surface area contributed by atoms with Gasteiger partial charge in [-0.05, 0) is 37.0 Å². The van der Waals surface area contributed by atoms with Gasteiger partial charge in [-0.1, -0.05) is 22.0 Å². The molecule has 1 aliphatic carbocycles. The summed E-state index contributed by atoms with van der Waals surface area (Å²) in [5.41, 5.74) is 2.55. The molecule has 2 nitrogen and oxygen atoms in total. The van der Waals surface area contributed by atoms with Gasteiger partial charge in [-0.2, -0.15) is 0 Å².